The van der Waals surface area contributed by atoms with Gasteiger partial charge in [-0.2, -0.15) is 0 Å². The summed E-state index contributed by atoms with van der Waals surface area (Å²) in [6.07, 6.45) is 2.93. The quantitative estimate of drug-likeness (QED) is 0.768. The Balaban J connectivity index is 1.43. The van der Waals surface area contributed by atoms with Gasteiger partial charge in [0.1, 0.15) is 17.4 Å². The van der Waals surface area contributed by atoms with E-state index in [1.165, 1.54) is 12.1 Å². The highest BCUT2D eigenvalue weighted by molar-refractivity contribution is 5.89. The molecule has 2 amide bonds. The molecule has 0 bridgehead atoms. The molecule has 1 aliphatic carbocycles. The first-order chi connectivity index (χ1) is 13.4. The molecule has 1 aliphatic heterocycles. The number of nitrogens with one attached hydrogen (secondary N) is 1. The zero-order chi connectivity index (χ0) is 20.1. The number of amides is 2. The van der Waals surface area contributed by atoms with Crippen LogP contribution in [-0.4, -0.2) is 55.7 Å². The van der Waals surface area contributed by atoms with Gasteiger partial charge in [0, 0.05) is 50.9 Å². The van der Waals surface area contributed by atoms with Crippen molar-refractivity contribution in [3.05, 3.63) is 29.8 Å². The summed E-state index contributed by atoms with van der Waals surface area (Å²) in [5.41, 5.74) is 0. The molecule has 2 aliphatic rings. The number of halogens is 2. The fourth-order valence-corrected chi connectivity index (χ4v) is 3.80. The Kier molecular flexibility index (Phi) is 6.83. The van der Waals surface area contributed by atoms with Crippen molar-refractivity contribution in [2.75, 3.05) is 26.8 Å². The summed E-state index contributed by atoms with van der Waals surface area (Å²) in [5, 5.41) is 3.04. The van der Waals surface area contributed by atoms with Crippen molar-refractivity contribution in [2.24, 2.45) is 5.92 Å². The van der Waals surface area contributed by atoms with Gasteiger partial charge in [-0.1, -0.05) is 0 Å². The maximum Gasteiger partial charge on any atom is 0.225 e. The van der Waals surface area contributed by atoms with Crippen molar-refractivity contribution in [1.29, 1.82) is 0 Å². The van der Waals surface area contributed by atoms with Crippen LogP contribution < -0.4 is 10.1 Å². The molecule has 2 fully saturated rings. The van der Waals surface area contributed by atoms with E-state index in [-0.39, 0.29) is 42.0 Å². The molecule has 1 N–H and O–H groups in total. The van der Waals surface area contributed by atoms with E-state index in [4.69, 9.17) is 9.47 Å². The molecule has 6 nitrogen and oxygen atoms in total. The number of hydrogen-bond acceptors (Lipinski definition) is 4. The van der Waals surface area contributed by atoms with Gasteiger partial charge in [-0.05, 0) is 25.7 Å². The van der Waals surface area contributed by atoms with Gasteiger partial charge in [-0.25, -0.2) is 8.78 Å². The molecule has 1 unspecified atom stereocenters. The summed E-state index contributed by atoms with van der Waals surface area (Å²) in [6, 6.07) is 3.18. The summed E-state index contributed by atoms with van der Waals surface area (Å²) < 4.78 is 37.2. The van der Waals surface area contributed by atoms with Crippen LogP contribution in [0.5, 0.6) is 5.75 Å². The number of benzene rings is 1. The number of carbonyl (C=O) groups excluding carboxylic acids is 2. The Labute approximate surface area is 163 Å². The Morgan fingerprint density at radius 2 is 1.86 bits per heavy atom. The highest BCUT2D eigenvalue weighted by atomic mass is 19.1. The van der Waals surface area contributed by atoms with E-state index in [9.17, 15) is 18.4 Å². The fraction of sp³-hybridized carbons (Fsp3) is 0.600. The van der Waals surface area contributed by atoms with Crippen molar-refractivity contribution in [3.8, 4) is 5.75 Å². The Bertz CT molecular complexity index is 687. The van der Waals surface area contributed by atoms with Crippen molar-refractivity contribution in [1.82, 2.24) is 10.2 Å². The molecule has 0 radical (unpaired) electrons. The summed E-state index contributed by atoms with van der Waals surface area (Å²) in [4.78, 5) is 26.1. The molecular formula is C20H26F2N2O4. The second-order valence-corrected chi connectivity index (χ2v) is 7.44. The van der Waals surface area contributed by atoms with Gasteiger partial charge in [0.15, 0.2) is 0 Å². The third-order valence-electron chi connectivity index (χ3n) is 5.31. The smallest absolute Gasteiger partial charge is 0.225 e. The maximum absolute atomic E-state index is 13.3. The van der Waals surface area contributed by atoms with E-state index >= 15 is 0 Å². The second kappa shape index (κ2) is 9.32. The van der Waals surface area contributed by atoms with Crippen LogP contribution in [0.4, 0.5) is 8.78 Å². The van der Waals surface area contributed by atoms with Gasteiger partial charge in [0.25, 0.3) is 0 Å². The van der Waals surface area contributed by atoms with Crippen LogP contribution in [0.3, 0.4) is 0 Å². The first kappa shape index (κ1) is 20.5. The topological polar surface area (TPSA) is 67.9 Å². The zero-order valence-electron chi connectivity index (χ0n) is 16.0. The minimum atomic E-state index is -0.665. The molecule has 1 heterocycles. The molecule has 3 rings (SSSR count). The SMILES string of the molecule is COCCN1CC(C(=O)NC2CCC(Oc3cc(F)cc(F)c3)CC2)CC1=O. The lowest BCUT2D eigenvalue weighted by Crippen LogP contribution is -2.43. The second-order valence-electron chi connectivity index (χ2n) is 7.44. The third-order valence-corrected chi connectivity index (χ3v) is 5.31. The summed E-state index contributed by atoms with van der Waals surface area (Å²) >= 11 is 0. The number of rotatable bonds is 7. The molecule has 1 aromatic carbocycles. The van der Waals surface area contributed by atoms with Gasteiger partial charge in [0.05, 0.1) is 18.6 Å². The zero-order valence-corrected chi connectivity index (χ0v) is 16.0. The highest BCUT2D eigenvalue weighted by Gasteiger charge is 2.35. The predicted octanol–water partition coefficient (Wildman–Crippen LogP) is 2.27. The summed E-state index contributed by atoms with van der Waals surface area (Å²) in [6.45, 7) is 1.39. The number of methoxy groups -OCH3 is 1. The number of hydrogen-bond donors (Lipinski definition) is 1. The monoisotopic (exact) mass is 396 g/mol. The van der Waals surface area contributed by atoms with Gasteiger partial charge in [0.2, 0.25) is 11.8 Å². The minimum Gasteiger partial charge on any atom is -0.490 e. The lowest BCUT2D eigenvalue weighted by atomic mass is 9.92. The average Bonchev–Trinajstić information content (AvgIpc) is 3.01. The average molecular weight is 396 g/mol. The normalized spacial score (nSPS) is 25.0. The lowest BCUT2D eigenvalue weighted by molar-refractivity contribution is -0.129. The minimum absolute atomic E-state index is 0.0170. The third kappa shape index (κ3) is 5.41. The Hall–Kier alpha value is -2.22. The van der Waals surface area contributed by atoms with Crippen LogP contribution in [0.1, 0.15) is 32.1 Å². The number of ether oxygens (including phenoxy) is 2. The van der Waals surface area contributed by atoms with Crippen molar-refractivity contribution < 1.29 is 27.8 Å². The van der Waals surface area contributed by atoms with E-state index in [2.05, 4.69) is 5.32 Å². The molecule has 154 valence electrons. The van der Waals surface area contributed by atoms with E-state index in [1.807, 2.05) is 0 Å². The molecule has 1 saturated heterocycles. The molecule has 1 saturated carbocycles. The molecule has 0 aromatic heterocycles. The molecule has 28 heavy (non-hydrogen) atoms. The Morgan fingerprint density at radius 1 is 1.18 bits per heavy atom. The molecule has 1 atom stereocenters. The van der Waals surface area contributed by atoms with Gasteiger partial charge >= 0.3 is 0 Å². The van der Waals surface area contributed by atoms with Crippen LogP contribution in [0.25, 0.3) is 0 Å². The highest BCUT2D eigenvalue weighted by Crippen LogP contribution is 2.26. The van der Waals surface area contributed by atoms with E-state index in [1.54, 1.807) is 12.0 Å². The van der Waals surface area contributed by atoms with Gasteiger partial charge < -0.3 is 19.7 Å². The van der Waals surface area contributed by atoms with Crippen LogP contribution in [0, 0.1) is 17.6 Å². The largest absolute Gasteiger partial charge is 0.490 e. The molecular weight excluding hydrogens is 370 g/mol. The van der Waals surface area contributed by atoms with E-state index in [0.29, 0.717) is 32.5 Å². The predicted molar refractivity (Wildman–Crippen MR) is 97.7 cm³/mol. The fourth-order valence-electron chi connectivity index (χ4n) is 3.80. The van der Waals surface area contributed by atoms with E-state index in [0.717, 1.165) is 18.9 Å². The first-order valence-electron chi connectivity index (χ1n) is 9.64. The number of nitrogens with zero attached hydrogens (tertiary/aromatic N) is 1. The van der Waals surface area contributed by atoms with Crippen LogP contribution >= 0.6 is 0 Å². The van der Waals surface area contributed by atoms with Crippen molar-refractivity contribution in [3.63, 3.8) is 0 Å². The first-order valence-corrected chi connectivity index (χ1v) is 9.64. The van der Waals surface area contributed by atoms with Crippen molar-refractivity contribution in [2.45, 2.75) is 44.2 Å². The van der Waals surface area contributed by atoms with Gasteiger partial charge in [-0.3, -0.25) is 9.59 Å². The maximum atomic E-state index is 13.3. The van der Waals surface area contributed by atoms with Crippen LogP contribution in [0.2, 0.25) is 0 Å². The molecule has 8 heteroatoms. The number of carbonyl (C=O) groups is 2. The van der Waals surface area contributed by atoms with Crippen LogP contribution in [-0.2, 0) is 14.3 Å². The van der Waals surface area contributed by atoms with Crippen molar-refractivity contribution >= 4 is 11.8 Å². The van der Waals surface area contributed by atoms with E-state index < -0.39 is 11.6 Å². The molecule has 0 spiro atoms. The number of likely N-dealkylation sites (tertiary alicyclic amines) is 1. The Morgan fingerprint density at radius 3 is 2.50 bits per heavy atom. The lowest BCUT2D eigenvalue weighted by Gasteiger charge is -2.30. The summed E-state index contributed by atoms with van der Waals surface area (Å²) in [5.74, 6) is -1.58. The van der Waals surface area contributed by atoms with Gasteiger partial charge in [-0.15, -0.1) is 0 Å². The summed E-state index contributed by atoms with van der Waals surface area (Å²) in [7, 11) is 1.58. The standard InChI is InChI=1S/C20H26F2N2O4/c1-27-7-6-24-12-13(8-19(24)25)20(26)23-16-2-4-17(5-3-16)28-18-10-14(21)9-15(22)11-18/h9-11,13,16-17H,2-8,12H2,1H3,(H,23,26). The van der Waals surface area contributed by atoms with Crippen LogP contribution in [0.15, 0.2) is 18.2 Å². The molecule has 1 aromatic rings.